The third-order valence-electron chi connectivity index (χ3n) is 3.17. The predicted molar refractivity (Wildman–Crippen MR) is 72.2 cm³/mol. The van der Waals surface area contributed by atoms with Crippen LogP contribution >= 0.6 is 12.4 Å². The highest BCUT2D eigenvalue weighted by molar-refractivity contribution is 5.90. The Hall–Kier alpha value is -1.06. The van der Waals surface area contributed by atoms with Crippen LogP contribution in [0, 0.1) is 5.92 Å². The van der Waals surface area contributed by atoms with Crippen molar-refractivity contribution in [2.45, 2.75) is 32.2 Å². The smallest absolute Gasteiger partial charge is 0.224 e. The van der Waals surface area contributed by atoms with Gasteiger partial charge in [0.15, 0.2) is 0 Å². The number of hydrogen-bond donors (Lipinski definition) is 2. The molecule has 1 aromatic rings. The van der Waals surface area contributed by atoms with Gasteiger partial charge in [0.05, 0.1) is 0 Å². The number of amides is 1. The van der Waals surface area contributed by atoms with Gasteiger partial charge in [-0.3, -0.25) is 4.79 Å². The zero-order valence-electron chi connectivity index (χ0n) is 9.82. The molecule has 4 heteroatoms. The van der Waals surface area contributed by atoms with E-state index in [1.54, 1.807) is 0 Å². The molecule has 0 spiro atoms. The summed E-state index contributed by atoms with van der Waals surface area (Å²) < 4.78 is 0. The second kappa shape index (κ2) is 6.62. The highest BCUT2D eigenvalue weighted by Crippen LogP contribution is 2.29. The van der Waals surface area contributed by atoms with Gasteiger partial charge in [-0.2, -0.15) is 0 Å². The minimum Gasteiger partial charge on any atom is -0.326 e. The van der Waals surface area contributed by atoms with Crippen LogP contribution in [0.4, 0.5) is 5.69 Å². The van der Waals surface area contributed by atoms with Gasteiger partial charge in [0.25, 0.3) is 0 Å². The molecule has 3 N–H and O–H groups in total. The maximum Gasteiger partial charge on any atom is 0.224 e. The molecular formula is C13H19ClN2O. The van der Waals surface area contributed by atoms with Crippen molar-refractivity contribution in [2.75, 3.05) is 5.32 Å². The molecule has 0 aromatic heterocycles. The molecular weight excluding hydrogens is 236 g/mol. The molecule has 1 aliphatic rings. The summed E-state index contributed by atoms with van der Waals surface area (Å²) in [6.45, 7) is 0.538. The number of carbonyl (C=O) groups is 1. The van der Waals surface area contributed by atoms with E-state index in [0.717, 1.165) is 11.3 Å². The first-order valence-corrected chi connectivity index (χ1v) is 5.87. The Labute approximate surface area is 108 Å². The summed E-state index contributed by atoms with van der Waals surface area (Å²) in [4.78, 5) is 11.6. The molecule has 94 valence electrons. The van der Waals surface area contributed by atoms with Gasteiger partial charge in [-0.05, 0) is 36.5 Å². The molecule has 1 fully saturated rings. The van der Waals surface area contributed by atoms with E-state index in [1.807, 2.05) is 24.3 Å². The predicted octanol–water partition coefficient (Wildman–Crippen LogP) is 2.70. The molecule has 17 heavy (non-hydrogen) atoms. The Balaban J connectivity index is 0.00000144. The number of benzene rings is 1. The minimum absolute atomic E-state index is 0. The molecule has 0 radical (unpaired) electrons. The van der Waals surface area contributed by atoms with Crippen LogP contribution in [0.5, 0.6) is 0 Å². The molecule has 1 aliphatic carbocycles. The van der Waals surface area contributed by atoms with E-state index in [4.69, 9.17) is 5.73 Å². The van der Waals surface area contributed by atoms with Gasteiger partial charge in [-0.1, -0.05) is 18.6 Å². The third-order valence-corrected chi connectivity index (χ3v) is 3.17. The van der Waals surface area contributed by atoms with Crippen molar-refractivity contribution in [3.8, 4) is 0 Å². The van der Waals surface area contributed by atoms with Crippen LogP contribution in [0.1, 0.15) is 31.2 Å². The summed E-state index contributed by atoms with van der Waals surface area (Å²) in [5.74, 6) is 0.744. The lowest BCUT2D eigenvalue weighted by Crippen LogP contribution is -2.20. The fraction of sp³-hybridized carbons (Fsp3) is 0.462. The first-order chi connectivity index (χ1) is 7.78. The Morgan fingerprint density at radius 2 is 1.94 bits per heavy atom. The Morgan fingerprint density at radius 1 is 1.29 bits per heavy atom. The zero-order valence-corrected chi connectivity index (χ0v) is 10.6. The van der Waals surface area contributed by atoms with E-state index in [0.29, 0.717) is 18.9 Å². The quantitative estimate of drug-likeness (QED) is 0.868. The van der Waals surface area contributed by atoms with Gasteiger partial charge in [-0.15, -0.1) is 12.4 Å². The van der Waals surface area contributed by atoms with Crippen molar-refractivity contribution in [2.24, 2.45) is 11.7 Å². The number of nitrogens with one attached hydrogen (secondary N) is 1. The van der Waals surface area contributed by atoms with E-state index in [-0.39, 0.29) is 18.3 Å². The standard InChI is InChI=1S/C13H18N2O.ClH/c14-9-11-4-6-12(7-5-11)15-13(16)8-10-2-1-3-10;/h4-7,10H,1-3,8-9,14H2,(H,15,16);1H. The van der Waals surface area contributed by atoms with Crippen molar-refractivity contribution >= 4 is 24.0 Å². The average Bonchev–Trinajstić information content (AvgIpc) is 2.25. The molecule has 1 aromatic carbocycles. The SMILES string of the molecule is Cl.NCc1ccc(NC(=O)CC2CCC2)cc1. The summed E-state index contributed by atoms with van der Waals surface area (Å²) in [6, 6.07) is 7.69. The zero-order chi connectivity index (χ0) is 11.4. The Bertz CT molecular complexity index is 360. The van der Waals surface area contributed by atoms with Gasteiger partial charge in [0.2, 0.25) is 5.91 Å². The van der Waals surface area contributed by atoms with Crippen molar-refractivity contribution in [1.82, 2.24) is 0 Å². The molecule has 0 atom stereocenters. The van der Waals surface area contributed by atoms with Crippen LogP contribution in [-0.2, 0) is 11.3 Å². The van der Waals surface area contributed by atoms with Crippen molar-refractivity contribution in [3.63, 3.8) is 0 Å². The minimum atomic E-state index is 0. The van der Waals surface area contributed by atoms with Crippen LogP contribution in [0.15, 0.2) is 24.3 Å². The monoisotopic (exact) mass is 254 g/mol. The summed E-state index contributed by atoms with van der Waals surface area (Å²) in [6.07, 6.45) is 4.36. The fourth-order valence-corrected chi connectivity index (χ4v) is 1.90. The van der Waals surface area contributed by atoms with Crippen LogP contribution in [0.3, 0.4) is 0 Å². The van der Waals surface area contributed by atoms with Crippen LogP contribution in [0.2, 0.25) is 0 Å². The van der Waals surface area contributed by atoms with Crippen molar-refractivity contribution in [3.05, 3.63) is 29.8 Å². The summed E-state index contributed by atoms with van der Waals surface area (Å²) >= 11 is 0. The molecule has 2 rings (SSSR count). The lowest BCUT2D eigenvalue weighted by Gasteiger charge is -2.24. The van der Waals surface area contributed by atoms with E-state index in [9.17, 15) is 4.79 Å². The summed E-state index contributed by atoms with van der Waals surface area (Å²) in [5.41, 5.74) is 7.45. The molecule has 0 aliphatic heterocycles. The highest BCUT2D eigenvalue weighted by atomic mass is 35.5. The van der Waals surface area contributed by atoms with Crippen molar-refractivity contribution in [1.29, 1.82) is 0 Å². The first kappa shape index (κ1) is 14.0. The second-order valence-corrected chi connectivity index (χ2v) is 4.45. The summed E-state index contributed by atoms with van der Waals surface area (Å²) in [5, 5.41) is 2.91. The third kappa shape index (κ3) is 4.02. The van der Waals surface area contributed by atoms with Gasteiger partial charge in [0, 0.05) is 18.7 Å². The van der Waals surface area contributed by atoms with E-state index in [1.165, 1.54) is 19.3 Å². The number of carbonyl (C=O) groups excluding carboxylic acids is 1. The fourth-order valence-electron chi connectivity index (χ4n) is 1.90. The average molecular weight is 255 g/mol. The van der Waals surface area contributed by atoms with Crippen LogP contribution in [0.25, 0.3) is 0 Å². The molecule has 0 unspecified atom stereocenters. The molecule has 0 heterocycles. The molecule has 0 saturated heterocycles. The Morgan fingerprint density at radius 3 is 2.41 bits per heavy atom. The largest absolute Gasteiger partial charge is 0.326 e. The number of anilines is 1. The summed E-state index contributed by atoms with van der Waals surface area (Å²) in [7, 11) is 0. The van der Waals surface area contributed by atoms with Crippen molar-refractivity contribution < 1.29 is 4.79 Å². The number of hydrogen-bond acceptors (Lipinski definition) is 2. The second-order valence-electron chi connectivity index (χ2n) is 4.45. The van der Waals surface area contributed by atoms with E-state index >= 15 is 0 Å². The molecule has 1 saturated carbocycles. The van der Waals surface area contributed by atoms with E-state index < -0.39 is 0 Å². The first-order valence-electron chi connectivity index (χ1n) is 5.87. The lowest BCUT2D eigenvalue weighted by molar-refractivity contribution is -0.117. The molecule has 1 amide bonds. The molecule has 3 nitrogen and oxygen atoms in total. The lowest BCUT2D eigenvalue weighted by atomic mass is 9.83. The topological polar surface area (TPSA) is 55.1 Å². The number of nitrogens with two attached hydrogens (primary N) is 1. The maximum atomic E-state index is 11.6. The van der Waals surface area contributed by atoms with Gasteiger partial charge < -0.3 is 11.1 Å². The van der Waals surface area contributed by atoms with Crippen LogP contribution in [-0.4, -0.2) is 5.91 Å². The van der Waals surface area contributed by atoms with Gasteiger partial charge >= 0.3 is 0 Å². The van der Waals surface area contributed by atoms with Crippen LogP contribution < -0.4 is 11.1 Å². The number of rotatable bonds is 4. The molecule has 0 bridgehead atoms. The highest BCUT2D eigenvalue weighted by Gasteiger charge is 2.20. The maximum absolute atomic E-state index is 11.6. The van der Waals surface area contributed by atoms with Gasteiger partial charge in [-0.25, -0.2) is 0 Å². The van der Waals surface area contributed by atoms with Gasteiger partial charge in [0.1, 0.15) is 0 Å². The number of halogens is 1. The van der Waals surface area contributed by atoms with E-state index in [2.05, 4.69) is 5.32 Å². The normalized spacial score (nSPS) is 14.6. The Kier molecular flexibility index (Phi) is 5.45.